The van der Waals surface area contributed by atoms with Crippen LogP contribution in [-0.2, 0) is 12.3 Å². The molecule has 0 amide bonds. The Morgan fingerprint density at radius 3 is 1.25 bits per heavy atom. The quantitative estimate of drug-likeness (QED) is 0.579. The van der Waals surface area contributed by atoms with Crippen molar-refractivity contribution in [3.63, 3.8) is 0 Å². The van der Waals surface area contributed by atoms with E-state index in [4.69, 9.17) is 12.3 Å². The van der Waals surface area contributed by atoms with E-state index in [1.807, 2.05) is 30.2 Å². The predicted molar refractivity (Wildman–Crippen MR) is 97.9 cm³/mol. The van der Waals surface area contributed by atoms with Gasteiger partial charge in [0.1, 0.15) is 0 Å². The van der Waals surface area contributed by atoms with Crippen molar-refractivity contribution in [2.24, 2.45) is 0 Å². The summed E-state index contributed by atoms with van der Waals surface area (Å²) in [6, 6.07) is 0. The lowest BCUT2D eigenvalue weighted by Gasteiger charge is -2.39. The molecule has 116 valence electrons. The molecule has 0 saturated heterocycles. The van der Waals surface area contributed by atoms with Crippen molar-refractivity contribution in [3.05, 3.63) is 36.8 Å². The summed E-state index contributed by atoms with van der Waals surface area (Å²) >= 11 is 0. The van der Waals surface area contributed by atoms with Crippen molar-refractivity contribution < 1.29 is 12.3 Å². The van der Waals surface area contributed by atoms with Crippen molar-refractivity contribution in [2.45, 2.75) is 45.8 Å². The molecule has 20 heavy (non-hydrogen) atoms. The maximum Gasteiger partial charge on any atom is 0.313 e. The second-order valence-electron chi connectivity index (χ2n) is 6.68. The Labute approximate surface area is 129 Å². The number of hydrogen-bond acceptors (Lipinski definition) is 3. The average molecular weight is 347 g/mol. The van der Waals surface area contributed by atoms with E-state index in [1.165, 1.54) is 0 Å². The van der Waals surface area contributed by atoms with Crippen molar-refractivity contribution in [3.8, 4) is 0 Å². The van der Waals surface area contributed by atoms with Gasteiger partial charge < -0.3 is 12.3 Å². The third-order valence-corrected chi connectivity index (χ3v) is 16.1. The first kappa shape index (κ1) is 20.0. The Morgan fingerprint density at radius 1 is 0.600 bits per heavy atom. The highest BCUT2D eigenvalue weighted by atomic mass is 28.5. The van der Waals surface area contributed by atoms with Gasteiger partial charge in [0.25, 0.3) is 8.32 Å². The van der Waals surface area contributed by atoms with E-state index in [1.54, 1.807) is 0 Å². The molecular weight excluding hydrogens is 316 g/mol. The van der Waals surface area contributed by atoms with Crippen LogP contribution in [0.1, 0.15) is 0 Å². The smallest absolute Gasteiger partial charge is 0.313 e. The highest BCUT2D eigenvalue weighted by Crippen LogP contribution is 2.24. The number of rotatable bonds is 9. The lowest BCUT2D eigenvalue weighted by Crippen LogP contribution is -2.56. The first-order valence-electron chi connectivity index (χ1n) is 6.82. The maximum atomic E-state index is 6.32. The number of hydrogen-bond donors (Lipinski definition) is 0. The van der Waals surface area contributed by atoms with Crippen molar-refractivity contribution in [1.29, 1.82) is 0 Å². The van der Waals surface area contributed by atoms with Gasteiger partial charge in [0.15, 0.2) is 8.32 Å². The first-order valence-corrected chi connectivity index (χ1v) is 18.0. The molecule has 0 aliphatic carbocycles. The second-order valence-corrected chi connectivity index (χ2v) is 21.9. The molecule has 0 aromatic carbocycles. The fourth-order valence-electron chi connectivity index (χ4n) is 2.17. The molecule has 0 rings (SSSR count). The fraction of sp³-hybridized carbons (Fsp3) is 0.538. The minimum absolute atomic E-state index is 1.62. The molecule has 3 nitrogen and oxygen atoms in total. The Bertz CT molecular complexity index is 351. The SMILES string of the molecule is C=C[Si](C=C)(C=C)O[Si](C)(C)O[Si](C)(C)O[Si](C)(C)C. The molecule has 0 heterocycles. The van der Waals surface area contributed by atoms with Crippen LogP contribution >= 0.6 is 0 Å². The zero-order chi connectivity index (χ0) is 16.2. The second kappa shape index (κ2) is 6.82. The molecule has 0 spiro atoms. The largest absolute Gasteiger partial charge is 0.437 e. The van der Waals surface area contributed by atoms with Crippen LogP contribution in [0.2, 0.25) is 45.8 Å². The summed E-state index contributed by atoms with van der Waals surface area (Å²) in [4.78, 5) is 0. The molecule has 0 unspecified atom stereocenters. The molecule has 0 radical (unpaired) electrons. The van der Waals surface area contributed by atoms with E-state index in [0.29, 0.717) is 0 Å². The molecule has 0 bridgehead atoms. The first-order chi connectivity index (χ1) is 8.80. The summed E-state index contributed by atoms with van der Waals surface area (Å²) in [5.41, 5.74) is 5.50. The Balaban J connectivity index is 5.02. The molecule has 0 aromatic heterocycles. The minimum atomic E-state index is -2.33. The molecule has 0 aromatic rings. The minimum Gasteiger partial charge on any atom is -0.437 e. The van der Waals surface area contributed by atoms with Gasteiger partial charge in [-0.25, -0.2) is 0 Å². The van der Waals surface area contributed by atoms with Gasteiger partial charge in [-0.05, 0) is 45.8 Å². The van der Waals surface area contributed by atoms with Gasteiger partial charge in [0, 0.05) is 0 Å². The molecule has 0 aliphatic heterocycles. The van der Waals surface area contributed by atoms with E-state index >= 15 is 0 Å². The summed E-state index contributed by atoms with van der Waals surface area (Å²) in [7, 11) is -8.45. The van der Waals surface area contributed by atoms with Gasteiger partial charge >= 0.3 is 17.1 Å². The molecule has 0 fully saturated rings. The van der Waals surface area contributed by atoms with E-state index in [2.05, 4.69) is 52.5 Å². The maximum absolute atomic E-state index is 6.32. The van der Waals surface area contributed by atoms with Crippen LogP contribution in [-0.4, -0.2) is 33.8 Å². The molecule has 0 N–H and O–H groups in total. The third-order valence-electron chi connectivity index (χ3n) is 2.42. The normalized spacial score (nSPS) is 13.9. The lowest BCUT2D eigenvalue weighted by molar-refractivity contribution is 0.334. The summed E-state index contributed by atoms with van der Waals surface area (Å²) in [6.45, 7) is 26.4. The summed E-state index contributed by atoms with van der Waals surface area (Å²) in [5, 5.41) is 0. The topological polar surface area (TPSA) is 27.7 Å². The highest BCUT2D eigenvalue weighted by molar-refractivity contribution is 6.95. The van der Waals surface area contributed by atoms with Crippen LogP contribution in [0.15, 0.2) is 36.8 Å². The van der Waals surface area contributed by atoms with Crippen LogP contribution in [0.4, 0.5) is 0 Å². The van der Waals surface area contributed by atoms with Gasteiger partial charge in [-0.2, -0.15) is 0 Å². The molecule has 0 aliphatic rings. The standard InChI is InChI=1S/C13H30O3Si4/c1-11-20(12-2,13-3)16-19(9,10)15-18(7,8)14-17(4,5)6/h11-13H,1-3H2,4-10H3. The average Bonchev–Trinajstić information content (AvgIpc) is 2.20. The Hall–Kier alpha value is -0.0325. The van der Waals surface area contributed by atoms with Gasteiger partial charge in [-0.1, -0.05) is 17.1 Å². The van der Waals surface area contributed by atoms with E-state index < -0.39 is 33.8 Å². The third kappa shape index (κ3) is 7.11. The van der Waals surface area contributed by atoms with Crippen LogP contribution < -0.4 is 0 Å². The zero-order valence-corrected chi connectivity index (χ0v) is 18.1. The van der Waals surface area contributed by atoms with Gasteiger partial charge in [-0.15, -0.1) is 19.7 Å². The van der Waals surface area contributed by atoms with Crippen LogP contribution in [0.5, 0.6) is 0 Å². The summed E-state index contributed by atoms with van der Waals surface area (Å²) < 4.78 is 18.8. The van der Waals surface area contributed by atoms with Gasteiger partial charge in [0.2, 0.25) is 0 Å². The molecule has 0 atom stereocenters. The van der Waals surface area contributed by atoms with E-state index in [-0.39, 0.29) is 0 Å². The molecule has 7 heteroatoms. The van der Waals surface area contributed by atoms with E-state index in [0.717, 1.165) is 0 Å². The fourth-order valence-corrected chi connectivity index (χ4v) is 18.8. The van der Waals surface area contributed by atoms with Crippen molar-refractivity contribution in [1.82, 2.24) is 0 Å². The molecule has 0 saturated carbocycles. The molecular formula is C13H30O3Si4. The van der Waals surface area contributed by atoms with Gasteiger partial charge in [0.05, 0.1) is 0 Å². The zero-order valence-electron chi connectivity index (χ0n) is 14.1. The summed E-state index contributed by atoms with van der Waals surface area (Å²) in [5.74, 6) is 0. The monoisotopic (exact) mass is 346 g/mol. The predicted octanol–water partition coefficient (Wildman–Crippen LogP) is 4.40. The highest BCUT2D eigenvalue weighted by Gasteiger charge is 2.42. The Kier molecular flexibility index (Phi) is 6.81. The van der Waals surface area contributed by atoms with Crippen molar-refractivity contribution >= 4 is 33.8 Å². The van der Waals surface area contributed by atoms with Crippen molar-refractivity contribution in [2.75, 3.05) is 0 Å². The van der Waals surface area contributed by atoms with Gasteiger partial charge in [-0.3, -0.25) is 0 Å². The van der Waals surface area contributed by atoms with Crippen LogP contribution in [0.3, 0.4) is 0 Å². The summed E-state index contributed by atoms with van der Waals surface area (Å²) in [6.07, 6.45) is 0. The van der Waals surface area contributed by atoms with E-state index in [9.17, 15) is 0 Å². The Morgan fingerprint density at radius 2 is 0.950 bits per heavy atom. The van der Waals surface area contributed by atoms with Crippen LogP contribution in [0, 0.1) is 0 Å². The lowest BCUT2D eigenvalue weighted by atomic mass is 11.2. The van der Waals surface area contributed by atoms with Crippen LogP contribution in [0.25, 0.3) is 0 Å².